The van der Waals surface area contributed by atoms with E-state index in [0.29, 0.717) is 13.2 Å². The summed E-state index contributed by atoms with van der Waals surface area (Å²) >= 11 is 2.93. The van der Waals surface area contributed by atoms with Crippen LogP contribution in [0, 0.1) is 0 Å². The van der Waals surface area contributed by atoms with E-state index in [1.54, 1.807) is 10.8 Å². The van der Waals surface area contributed by atoms with Crippen LogP contribution >= 0.6 is 23.5 Å². The largest absolute Gasteiger partial charge is 0.463 e. The number of hydrogen-bond acceptors (Lipinski definition) is 5. The summed E-state index contributed by atoms with van der Waals surface area (Å²) in [5.41, 5.74) is 0. The third-order valence-electron chi connectivity index (χ3n) is 1.81. The molecule has 0 aliphatic rings. The van der Waals surface area contributed by atoms with Crippen LogP contribution in [0.1, 0.15) is 12.8 Å². The van der Waals surface area contributed by atoms with Crippen molar-refractivity contribution < 1.29 is 14.3 Å². The summed E-state index contributed by atoms with van der Waals surface area (Å²) in [5.74, 6) is -0.416. The van der Waals surface area contributed by atoms with Gasteiger partial charge >= 0.3 is 5.97 Å². The second kappa shape index (κ2) is 12.6. The minimum atomic E-state index is -0.323. The summed E-state index contributed by atoms with van der Waals surface area (Å²) in [6, 6.07) is 0. The number of esters is 1. The fraction of sp³-hybridized carbons (Fsp3) is 0.500. The maximum absolute atomic E-state index is 11.2. The SMILES string of the molecule is CSC=CC(=O)NCCCCOC(=O)C=CSC. The van der Waals surface area contributed by atoms with Crippen molar-refractivity contribution in [3.05, 3.63) is 23.0 Å². The summed E-state index contributed by atoms with van der Waals surface area (Å²) < 4.78 is 4.95. The van der Waals surface area contributed by atoms with E-state index in [-0.39, 0.29) is 11.9 Å². The van der Waals surface area contributed by atoms with E-state index in [2.05, 4.69) is 5.32 Å². The average Bonchev–Trinajstić information content (AvgIpc) is 2.37. The van der Waals surface area contributed by atoms with E-state index in [1.165, 1.54) is 35.7 Å². The Morgan fingerprint density at radius 3 is 2.44 bits per heavy atom. The van der Waals surface area contributed by atoms with Gasteiger partial charge in [-0.1, -0.05) is 0 Å². The van der Waals surface area contributed by atoms with E-state index in [1.807, 2.05) is 12.5 Å². The van der Waals surface area contributed by atoms with Gasteiger partial charge in [0.2, 0.25) is 5.91 Å². The highest BCUT2D eigenvalue weighted by molar-refractivity contribution is 8.01. The van der Waals surface area contributed by atoms with Gasteiger partial charge in [0.15, 0.2) is 0 Å². The van der Waals surface area contributed by atoms with Gasteiger partial charge in [-0.3, -0.25) is 4.79 Å². The molecule has 0 atom stereocenters. The first-order valence-corrected chi connectivity index (χ1v) is 8.11. The lowest BCUT2D eigenvalue weighted by atomic mass is 10.3. The molecule has 1 N–H and O–H groups in total. The van der Waals surface area contributed by atoms with Gasteiger partial charge in [-0.15, -0.1) is 23.5 Å². The van der Waals surface area contributed by atoms with Crippen molar-refractivity contribution in [1.82, 2.24) is 5.32 Å². The topological polar surface area (TPSA) is 55.4 Å². The molecule has 0 unspecified atom stereocenters. The number of rotatable bonds is 9. The predicted molar refractivity (Wildman–Crippen MR) is 78.5 cm³/mol. The molecule has 0 heterocycles. The molecule has 0 aliphatic carbocycles. The Morgan fingerprint density at radius 2 is 1.78 bits per heavy atom. The van der Waals surface area contributed by atoms with Crippen LogP contribution in [-0.4, -0.2) is 37.5 Å². The highest BCUT2D eigenvalue weighted by Gasteiger charge is 1.97. The zero-order valence-corrected chi connectivity index (χ0v) is 12.3. The van der Waals surface area contributed by atoms with Crippen LogP contribution in [0.2, 0.25) is 0 Å². The lowest BCUT2D eigenvalue weighted by Gasteiger charge is -2.03. The number of nitrogens with one attached hydrogen (secondary N) is 1. The molecule has 0 fully saturated rings. The molecule has 4 nitrogen and oxygen atoms in total. The minimum absolute atomic E-state index is 0.0933. The second-order valence-electron chi connectivity index (χ2n) is 3.24. The van der Waals surface area contributed by atoms with Crippen molar-refractivity contribution in [2.75, 3.05) is 25.7 Å². The standard InChI is InChI=1S/C12H19NO3S2/c1-17-9-5-11(14)13-7-3-4-8-16-12(15)6-10-18-2/h5-6,9-10H,3-4,7-8H2,1-2H3,(H,13,14). The number of ether oxygens (including phenoxy) is 1. The van der Waals surface area contributed by atoms with Crippen LogP contribution in [0.5, 0.6) is 0 Å². The van der Waals surface area contributed by atoms with E-state index < -0.39 is 0 Å². The first-order chi connectivity index (χ1) is 8.70. The van der Waals surface area contributed by atoms with Crippen LogP contribution in [-0.2, 0) is 14.3 Å². The number of unbranched alkanes of at least 4 members (excludes halogenated alkanes) is 1. The van der Waals surface area contributed by atoms with E-state index in [9.17, 15) is 9.59 Å². The summed E-state index contributed by atoms with van der Waals surface area (Å²) in [7, 11) is 0. The Balaban J connectivity index is 3.41. The first kappa shape index (κ1) is 17.1. The number of thioether (sulfide) groups is 2. The zero-order valence-electron chi connectivity index (χ0n) is 10.7. The fourth-order valence-corrected chi connectivity index (χ4v) is 1.48. The van der Waals surface area contributed by atoms with Crippen LogP contribution < -0.4 is 5.32 Å². The lowest BCUT2D eigenvalue weighted by Crippen LogP contribution is -2.22. The number of carbonyl (C=O) groups is 2. The molecule has 18 heavy (non-hydrogen) atoms. The highest BCUT2D eigenvalue weighted by Crippen LogP contribution is 1.96. The third kappa shape index (κ3) is 11.6. The molecule has 0 aliphatic heterocycles. The molecule has 0 aromatic carbocycles. The van der Waals surface area contributed by atoms with Gasteiger partial charge in [0.05, 0.1) is 6.61 Å². The molecule has 0 aromatic heterocycles. The number of amides is 1. The Bertz CT molecular complexity index is 274. The van der Waals surface area contributed by atoms with Gasteiger partial charge in [0.25, 0.3) is 0 Å². The minimum Gasteiger partial charge on any atom is -0.463 e. The normalized spacial score (nSPS) is 11.0. The predicted octanol–water partition coefficient (Wildman–Crippen LogP) is 2.18. The molecule has 0 radical (unpaired) electrons. The van der Waals surface area contributed by atoms with E-state index >= 15 is 0 Å². The number of carbonyl (C=O) groups excluding carboxylic acids is 2. The van der Waals surface area contributed by atoms with Crippen LogP contribution in [0.4, 0.5) is 0 Å². The first-order valence-electron chi connectivity index (χ1n) is 5.54. The van der Waals surface area contributed by atoms with Crippen LogP contribution in [0.15, 0.2) is 23.0 Å². The van der Waals surface area contributed by atoms with E-state index in [0.717, 1.165) is 12.8 Å². The van der Waals surface area contributed by atoms with Crippen molar-refractivity contribution >= 4 is 35.4 Å². The Kier molecular flexibility index (Phi) is 12.0. The van der Waals surface area contributed by atoms with Crippen molar-refractivity contribution in [2.24, 2.45) is 0 Å². The summed E-state index contributed by atoms with van der Waals surface area (Å²) in [4.78, 5) is 22.2. The Hall–Kier alpha value is -0.880. The second-order valence-corrected chi connectivity index (χ2v) is 4.73. The van der Waals surface area contributed by atoms with Crippen LogP contribution in [0.25, 0.3) is 0 Å². The summed E-state index contributed by atoms with van der Waals surface area (Å²) in [5, 5.41) is 6.16. The third-order valence-corrected chi connectivity index (χ3v) is 2.63. The molecule has 0 saturated carbocycles. The van der Waals surface area contributed by atoms with E-state index in [4.69, 9.17) is 4.74 Å². The van der Waals surface area contributed by atoms with Gasteiger partial charge in [-0.25, -0.2) is 4.79 Å². The van der Waals surface area contributed by atoms with Gasteiger partial charge < -0.3 is 10.1 Å². The molecular formula is C12H19NO3S2. The molecule has 0 rings (SSSR count). The maximum atomic E-state index is 11.2. The van der Waals surface area contributed by atoms with Gasteiger partial charge in [-0.05, 0) is 36.2 Å². The van der Waals surface area contributed by atoms with Crippen molar-refractivity contribution in [2.45, 2.75) is 12.8 Å². The molecule has 0 spiro atoms. The fourth-order valence-electron chi connectivity index (χ4n) is 0.972. The van der Waals surface area contributed by atoms with Crippen molar-refractivity contribution in [3.8, 4) is 0 Å². The molecule has 1 amide bonds. The smallest absolute Gasteiger partial charge is 0.331 e. The van der Waals surface area contributed by atoms with Gasteiger partial charge in [0.1, 0.15) is 0 Å². The molecule has 0 saturated heterocycles. The Morgan fingerprint density at radius 1 is 1.11 bits per heavy atom. The Labute approximate surface area is 117 Å². The monoisotopic (exact) mass is 289 g/mol. The van der Waals surface area contributed by atoms with Crippen LogP contribution in [0.3, 0.4) is 0 Å². The molecule has 102 valence electrons. The zero-order chi connectivity index (χ0) is 13.6. The quantitative estimate of drug-likeness (QED) is 0.400. The molecule has 0 aromatic rings. The average molecular weight is 289 g/mol. The van der Waals surface area contributed by atoms with Crippen molar-refractivity contribution in [1.29, 1.82) is 0 Å². The molecule has 6 heteroatoms. The molecular weight excluding hydrogens is 270 g/mol. The maximum Gasteiger partial charge on any atom is 0.331 e. The lowest BCUT2D eigenvalue weighted by molar-refractivity contribution is -0.137. The highest BCUT2D eigenvalue weighted by atomic mass is 32.2. The van der Waals surface area contributed by atoms with Gasteiger partial charge in [0, 0.05) is 18.7 Å². The van der Waals surface area contributed by atoms with Crippen molar-refractivity contribution in [3.63, 3.8) is 0 Å². The van der Waals surface area contributed by atoms with Gasteiger partial charge in [-0.2, -0.15) is 0 Å². The summed E-state index contributed by atoms with van der Waals surface area (Å²) in [6.45, 7) is 0.976. The number of hydrogen-bond donors (Lipinski definition) is 1. The summed E-state index contributed by atoms with van der Waals surface area (Å²) in [6.07, 6.45) is 8.20. The molecule has 0 bridgehead atoms.